The Morgan fingerprint density at radius 2 is 1.86 bits per heavy atom. The summed E-state index contributed by atoms with van der Waals surface area (Å²) in [7, 11) is 0. The molecule has 21 heavy (non-hydrogen) atoms. The topological polar surface area (TPSA) is 78.8 Å². The molecule has 0 heterocycles. The maximum Gasteiger partial charge on any atom is 0.354 e. The summed E-state index contributed by atoms with van der Waals surface area (Å²) in [6, 6.07) is 6.95. The Bertz CT molecular complexity index is 560. The molecule has 0 atom stereocenters. The van der Waals surface area contributed by atoms with E-state index in [-0.39, 0.29) is 17.7 Å². The summed E-state index contributed by atoms with van der Waals surface area (Å²) in [5, 5.41) is 12.1. The molecule has 1 aliphatic rings. The van der Waals surface area contributed by atoms with Crippen LogP contribution in [-0.2, 0) is 9.59 Å². The maximum absolute atomic E-state index is 11.6. The number of nitrogens with zero attached hydrogens (tertiary/aromatic N) is 1. The number of anilines is 1. The van der Waals surface area contributed by atoms with E-state index in [1.165, 1.54) is 13.3 Å². The van der Waals surface area contributed by atoms with Crippen LogP contribution in [0.2, 0.25) is 0 Å². The van der Waals surface area contributed by atoms with E-state index in [0.29, 0.717) is 11.3 Å². The summed E-state index contributed by atoms with van der Waals surface area (Å²) in [6.45, 7) is 1.40. The molecule has 0 aliphatic heterocycles. The van der Waals surface area contributed by atoms with Gasteiger partial charge < -0.3 is 10.4 Å². The average molecular weight is 288 g/mol. The quantitative estimate of drug-likeness (QED) is 0.836. The highest BCUT2D eigenvalue weighted by atomic mass is 16.4. The molecule has 0 spiro atoms. The molecule has 112 valence electrons. The summed E-state index contributed by atoms with van der Waals surface area (Å²) >= 11 is 0. The number of amides is 1. The van der Waals surface area contributed by atoms with Crippen molar-refractivity contribution in [3.05, 3.63) is 29.8 Å². The van der Waals surface area contributed by atoms with Crippen LogP contribution in [0.4, 0.5) is 5.69 Å². The fraction of sp³-hybridized carbons (Fsp3) is 0.438. The van der Waals surface area contributed by atoms with Crippen molar-refractivity contribution in [2.45, 2.75) is 45.1 Å². The van der Waals surface area contributed by atoms with Gasteiger partial charge in [-0.2, -0.15) is 0 Å². The standard InChI is InChI=1S/C16H20N2O3/c1-11(19)17-14-10-6-5-9-13(14)15(16(20)21)18-12-7-3-2-4-8-12/h5-6,9-10,12H,2-4,7-8H2,1H3,(H,17,19)(H,20,21). The molecule has 1 saturated carbocycles. The second-order valence-corrected chi connectivity index (χ2v) is 5.30. The molecule has 0 aromatic heterocycles. The number of para-hydroxylation sites is 1. The molecular weight excluding hydrogens is 268 g/mol. The number of hydrogen-bond acceptors (Lipinski definition) is 3. The second-order valence-electron chi connectivity index (χ2n) is 5.30. The fourth-order valence-electron chi connectivity index (χ4n) is 2.62. The van der Waals surface area contributed by atoms with Gasteiger partial charge in [0.1, 0.15) is 0 Å². The van der Waals surface area contributed by atoms with Gasteiger partial charge in [0, 0.05) is 12.5 Å². The predicted molar refractivity (Wildman–Crippen MR) is 81.8 cm³/mol. The molecule has 5 nitrogen and oxygen atoms in total. The van der Waals surface area contributed by atoms with Gasteiger partial charge in [-0.05, 0) is 18.9 Å². The number of nitrogens with one attached hydrogen (secondary N) is 1. The normalized spacial score (nSPS) is 16.5. The lowest BCUT2D eigenvalue weighted by Crippen LogP contribution is -2.22. The molecule has 1 aromatic rings. The molecule has 0 bridgehead atoms. The van der Waals surface area contributed by atoms with Crippen molar-refractivity contribution in [1.82, 2.24) is 0 Å². The molecule has 1 aromatic carbocycles. The molecule has 2 N–H and O–H groups in total. The van der Waals surface area contributed by atoms with E-state index in [4.69, 9.17) is 0 Å². The lowest BCUT2D eigenvalue weighted by Gasteiger charge is -2.19. The van der Waals surface area contributed by atoms with Crippen LogP contribution in [0, 0.1) is 0 Å². The first-order valence-corrected chi connectivity index (χ1v) is 7.26. The lowest BCUT2D eigenvalue weighted by atomic mass is 9.95. The van der Waals surface area contributed by atoms with Gasteiger partial charge >= 0.3 is 5.97 Å². The van der Waals surface area contributed by atoms with Crippen LogP contribution in [0.15, 0.2) is 29.3 Å². The minimum absolute atomic E-state index is 0.0336. The smallest absolute Gasteiger partial charge is 0.354 e. The maximum atomic E-state index is 11.6. The van der Waals surface area contributed by atoms with E-state index < -0.39 is 5.97 Å². The first kappa shape index (κ1) is 15.2. The monoisotopic (exact) mass is 288 g/mol. The van der Waals surface area contributed by atoms with E-state index in [1.54, 1.807) is 24.3 Å². The molecule has 5 heteroatoms. The minimum atomic E-state index is -1.06. The van der Waals surface area contributed by atoms with E-state index in [9.17, 15) is 14.7 Å². The van der Waals surface area contributed by atoms with Gasteiger partial charge in [-0.15, -0.1) is 0 Å². The Hall–Kier alpha value is -2.17. The van der Waals surface area contributed by atoms with Crippen LogP contribution in [0.25, 0.3) is 0 Å². The van der Waals surface area contributed by atoms with Gasteiger partial charge in [0.25, 0.3) is 0 Å². The van der Waals surface area contributed by atoms with Crippen LogP contribution in [-0.4, -0.2) is 28.7 Å². The SMILES string of the molecule is CC(=O)Nc1ccccc1C(=NC1CCCCC1)C(=O)O. The highest BCUT2D eigenvalue weighted by molar-refractivity contribution is 6.44. The largest absolute Gasteiger partial charge is 0.477 e. The molecule has 0 saturated heterocycles. The van der Waals surface area contributed by atoms with Crippen molar-refractivity contribution in [3.63, 3.8) is 0 Å². The number of carboxylic acids is 1. The van der Waals surface area contributed by atoms with Gasteiger partial charge in [0.05, 0.1) is 11.7 Å². The first-order chi connectivity index (χ1) is 10.1. The third kappa shape index (κ3) is 4.15. The molecule has 1 fully saturated rings. The zero-order valence-electron chi connectivity index (χ0n) is 12.1. The fourth-order valence-corrected chi connectivity index (χ4v) is 2.62. The van der Waals surface area contributed by atoms with Crippen molar-refractivity contribution in [3.8, 4) is 0 Å². The summed E-state index contributed by atoms with van der Waals surface area (Å²) < 4.78 is 0. The van der Waals surface area contributed by atoms with Crippen molar-refractivity contribution in [2.75, 3.05) is 5.32 Å². The lowest BCUT2D eigenvalue weighted by molar-refractivity contribution is -0.129. The Labute approximate surface area is 124 Å². The Morgan fingerprint density at radius 3 is 2.48 bits per heavy atom. The molecule has 0 radical (unpaired) electrons. The Kier molecular flexibility index (Phi) is 5.09. The van der Waals surface area contributed by atoms with E-state index in [1.807, 2.05) is 0 Å². The highest BCUT2D eigenvalue weighted by Crippen LogP contribution is 2.23. The number of carbonyl (C=O) groups is 2. The van der Waals surface area contributed by atoms with Gasteiger partial charge in [0.2, 0.25) is 5.91 Å². The zero-order valence-corrected chi connectivity index (χ0v) is 12.1. The van der Waals surface area contributed by atoms with Crippen LogP contribution >= 0.6 is 0 Å². The van der Waals surface area contributed by atoms with Gasteiger partial charge in [0.15, 0.2) is 5.71 Å². The number of rotatable bonds is 4. The number of aliphatic carboxylic acids is 1. The minimum Gasteiger partial charge on any atom is -0.477 e. The zero-order chi connectivity index (χ0) is 15.2. The summed E-state index contributed by atoms with van der Waals surface area (Å²) in [6.07, 6.45) is 5.23. The van der Waals surface area contributed by atoms with Crippen molar-refractivity contribution in [1.29, 1.82) is 0 Å². The number of carboxylic acid groups (broad SMARTS) is 1. The second kappa shape index (κ2) is 7.02. The van der Waals surface area contributed by atoms with Gasteiger partial charge in [-0.1, -0.05) is 37.5 Å². The average Bonchev–Trinajstić information content (AvgIpc) is 2.46. The first-order valence-electron chi connectivity index (χ1n) is 7.26. The van der Waals surface area contributed by atoms with Crippen LogP contribution in [0.3, 0.4) is 0 Å². The van der Waals surface area contributed by atoms with E-state index >= 15 is 0 Å². The van der Waals surface area contributed by atoms with Crippen LogP contribution < -0.4 is 5.32 Å². The Morgan fingerprint density at radius 1 is 1.19 bits per heavy atom. The van der Waals surface area contributed by atoms with Crippen molar-refractivity contribution in [2.24, 2.45) is 4.99 Å². The summed E-state index contributed by atoms with van der Waals surface area (Å²) in [5.41, 5.74) is 0.985. The third-order valence-electron chi connectivity index (χ3n) is 3.58. The van der Waals surface area contributed by atoms with Crippen molar-refractivity contribution < 1.29 is 14.7 Å². The highest BCUT2D eigenvalue weighted by Gasteiger charge is 2.20. The summed E-state index contributed by atoms with van der Waals surface area (Å²) in [4.78, 5) is 27.3. The molecule has 1 aliphatic carbocycles. The number of benzene rings is 1. The number of hydrogen-bond donors (Lipinski definition) is 2. The molecule has 2 rings (SSSR count). The molecular formula is C16H20N2O3. The van der Waals surface area contributed by atoms with Crippen molar-refractivity contribution >= 4 is 23.3 Å². The molecule has 1 amide bonds. The van der Waals surface area contributed by atoms with Crippen LogP contribution in [0.5, 0.6) is 0 Å². The summed E-state index contributed by atoms with van der Waals surface area (Å²) in [5.74, 6) is -1.29. The predicted octanol–water partition coefficient (Wildman–Crippen LogP) is 2.85. The third-order valence-corrected chi connectivity index (χ3v) is 3.58. The van der Waals surface area contributed by atoms with E-state index in [2.05, 4.69) is 10.3 Å². The number of aliphatic imine (C=N–C) groups is 1. The molecule has 0 unspecified atom stereocenters. The van der Waals surface area contributed by atoms with E-state index in [0.717, 1.165) is 25.7 Å². The Balaban J connectivity index is 2.36. The number of carbonyl (C=O) groups excluding carboxylic acids is 1. The van der Waals surface area contributed by atoms with Gasteiger partial charge in [-0.25, -0.2) is 4.79 Å². The van der Waals surface area contributed by atoms with Gasteiger partial charge in [-0.3, -0.25) is 9.79 Å². The van der Waals surface area contributed by atoms with Crippen LogP contribution in [0.1, 0.15) is 44.6 Å².